The van der Waals surface area contributed by atoms with Crippen molar-refractivity contribution < 1.29 is 0 Å². The van der Waals surface area contributed by atoms with Gasteiger partial charge in [-0.25, -0.2) is 0 Å². The van der Waals surface area contributed by atoms with Gasteiger partial charge in [0.2, 0.25) is 0 Å². The van der Waals surface area contributed by atoms with Crippen molar-refractivity contribution in [2.24, 2.45) is 5.92 Å². The number of hydrogen-bond donors (Lipinski definition) is 1. The maximum absolute atomic E-state index is 3.75. The highest BCUT2D eigenvalue weighted by Gasteiger charge is 2.26. The molecular formula is C17H34N2. The molecule has 2 atom stereocenters. The average molecular weight is 266 g/mol. The first kappa shape index (κ1) is 15.3. The van der Waals surface area contributed by atoms with Crippen molar-refractivity contribution in [3.05, 3.63) is 0 Å². The average Bonchev–Trinajstić information content (AvgIpc) is 2.47. The maximum Gasteiger partial charge on any atom is 0.0218 e. The van der Waals surface area contributed by atoms with E-state index in [1.165, 1.54) is 77.4 Å². The van der Waals surface area contributed by atoms with Crippen molar-refractivity contribution in [3.8, 4) is 0 Å². The number of rotatable bonds is 6. The Labute approximate surface area is 120 Å². The lowest BCUT2D eigenvalue weighted by atomic mass is 9.86. The second-order valence-corrected chi connectivity index (χ2v) is 6.74. The third kappa shape index (κ3) is 4.75. The molecule has 1 saturated carbocycles. The molecule has 0 bridgehead atoms. The van der Waals surface area contributed by atoms with E-state index in [0.29, 0.717) is 0 Å². The zero-order valence-electron chi connectivity index (χ0n) is 13.2. The summed E-state index contributed by atoms with van der Waals surface area (Å²) in [5.74, 6) is 1.03. The van der Waals surface area contributed by atoms with Crippen LogP contribution in [0, 0.1) is 5.92 Å². The van der Waals surface area contributed by atoms with Crippen molar-refractivity contribution >= 4 is 0 Å². The van der Waals surface area contributed by atoms with Crippen LogP contribution in [0.15, 0.2) is 0 Å². The molecule has 112 valence electrons. The van der Waals surface area contributed by atoms with Crippen LogP contribution in [0.25, 0.3) is 0 Å². The Morgan fingerprint density at radius 3 is 2.53 bits per heavy atom. The molecule has 19 heavy (non-hydrogen) atoms. The molecule has 2 fully saturated rings. The molecule has 1 N–H and O–H groups in total. The molecule has 1 aliphatic heterocycles. The highest BCUT2D eigenvalue weighted by Crippen LogP contribution is 2.27. The van der Waals surface area contributed by atoms with E-state index in [2.05, 4.69) is 24.1 Å². The molecule has 1 aliphatic carbocycles. The van der Waals surface area contributed by atoms with Crippen LogP contribution in [-0.2, 0) is 0 Å². The summed E-state index contributed by atoms with van der Waals surface area (Å²) in [5.41, 5.74) is 0. The summed E-state index contributed by atoms with van der Waals surface area (Å²) in [4.78, 5) is 2.80. The van der Waals surface area contributed by atoms with Crippen molar-refractivity contribution in [2.75, 3.05) is 19.6 Å². The van der Waals surface area contributed by atoms with Crippen LogP contribution in [0.3, 0.4) is 0 Å². The van der Waals surface area contributed by atoms with Gasteiger partial charge in [0.05, 0.1) is 0 Å². The molecule has 0 amide bonds. The fourth-order valence-electron chi connectivity index (χ4n) is 3.97. The number of piperazine rings is 1. The molecular weight excluding hydrogens is 232 g/mol. The zero-order chi connectivity index (χ0) is 13.5. The highest BCUT2D eigenvalue weighted by molar-refractivity contribution is 4.85. The van der Waals surface area contributed by atoms with Gasteiger partial charge in [0.1, 0.15) is 0 Å². The second kappa shape index (κ2) is 8.26. The van der Waals surface area contributed by atoms with E-state index in [4.69, 9.17) is 0 Å². The van der Waals surface area contributed by atoms with Crippen LogP contribution in [0.2, 0.25) is 0 Å². The van der Waals surface area contributed by atoms with Gasteiger partial charge in [-0.05, 0) is 31.7 Å². The fourth-order valence-corrected chi connectivity index (χ4v) is 3.97. The van der Waals surface area contributed by atoms with Crippen LogP contribution in [0.5, 0.6) is 0 Å². The predicted octanol–water partition coefficient (Wildman–Crippen LogP) is 3.81. The van der Waals surface area contributed by atoms with Crippen LogP contribution < -0.4 is 5.32 Å². The summed E-state index contributed by atoms with van der Waals surface area (Å²) in [7, 11) is 0. The Morgan fingerprint density at radius 1 is 1.05 bits per heavy atom. The Balaban J connectivity index is 1.76. The van der Waals surface area contributed by atoms with Crippen LogP contribution >= 0.6 is 0 Å². The molecule has 1 heterocycles. The van der Waals surface area contributed by atoms with E-state index in [9.17, 15) is 0 Å². The molecule has 2 rings (SSSR count). The van der Waals surface area contributed by atoms with Gasteiger partial charge in [-0.15, -0.1) is 0 Å². The Hall–Kier alpha value is -0.0800. The van der Waals surface area contributed by atoms with E-state index in [1.54, 1.807) is 0 Å². The van der Waals surface area contributed by atoms with Crippen LogP contribution in [-0.4, -0.2) is 36.6 Å². The minimum Gasteiger partial charge on any atom is -0.311 e. The molecule has 2 unspecified atom stereocenters. The van der Waals surface area contributed by atoms with Crippen molar-refractivity contribution in [3.63, 3.8) is 0 Å². The minimum atomic E-state index is 0.749. The van der Waals surface area contributed by atoms with Gasteiger partial charge in [-0.3, -0.25) is 4.90 Å². The first-order chi connectivity index (χ1) is 9.33. The van der Waals surface area contributed by atoms with Crippen LogP contribution in [0.1, 0.15) is 71.6 Å². The first-order valence-electron chi connectivity index (χ1n) is 8.80. The molecule has 0 aromatic rings. The van der Waals surface area contributed by atoms with E-state index >= 15 is 0 Å². The molecule has 2 heteroatoms. The zero-order valence-corrected chi connectivity index (χ0v) is 13.2. The van der Waals surface area contributed by atoms with Crippen molar-refractivity contribution in [1.29, 1.82) is 0 Å². The molecule has 0 aromatic heterocycles. The van der Waals surface area contributed by atoms with Gasteiger partial charge in [0, 0.05) is 25.2 Å². The summed E-state index contributed by atoms with van der Waals surface area (Å²) in [6.45, 7) is 8.51. The quantitative estimate of drug-likeness (QED) is 0.786. The van der Waals surface area contributed by atoms with E-state index in [1.807, 2.05) is 0 Å². The molecule has 0 radical (unpaired) electrons. The Morgan fingerprint density at radius 2 is 1.84 bits per heavy atom. The third-order valence-corrected chi connectivity index (χ3v) is 5.27. The fraction of sp³-hybridized carbons (Fsp3) is 1.00. The van der Waals surface area contributed by atoms with Gasteiger partial charge in [-0.1, -0.05) is 52.4 Å². The first-order valence-corrected chi connectivity index (χ1v) is 8.80. The van der Waals surface area contributed by atoms with Gasteiger partial charge in [-0.2, -0.15) is 0 Å². The lowest BCUT2D eigenvalue weighted by molar-refractivity contribution is 0.112. The normalized spacial score (nSPS) is 30.6. The van der Waals surface area contributed by atoms with E-state index < -0.39 is 0 Å². The maximum atomic E-state index is 3.75. The second-order valence-electron chi connectivity index (χ2n) is 6.74. The Bertz CT molecular complexity index is 235. The van der Waals surface area contributed by atoms with Crippen molar-refractivity contribution in [2.45, 2.75) is 83.7 Å². The van der Waals surface area contributed by atoms with Gasteiger partial charge >= 0.3 is 0 Å². The predicted molar refractivity (Wildman–Crippen MR) is 83.5 cm³/mol. The SMILES string of the molecule is CCCC1CN(CCC2CCCCC2)C(CC)CN1. The summed E-state index contributed by atoms with van der Waals surface area (Å²) in [6.07, 6.45) is 12.9. The molecule has 2 nitrogen and oxygen atoms in total. The monoisotopic (exact) mass is 266 g/mol. The molecule has 0 aromatic carbocycles. The van der Waals surface area contributed by atoms with E-state index in [-0.39, 0.29) is 0 Å². The summed E-state index contributed by atoms with van der Waals surface area (Å²) in [5, 5.41) is 3.75. The number of nitrogens with zero attached hydrogens (tertiary/aromatic N) is 1. The van der Waals surface area contributed by atoms with Crippen LogP contribution in [0.4, 0.5) is 0 Å². The Kier molecular flexibility index (Phi) is 6.66. The van der Waals surface area contributed by atoms with Gasteiger partial charge < -0.3 is 5.32 Å². The molecule has 2 aliphatic rings. The summed E-state index contributed by atoms with van der Waals surface area (Å²) in [6, 6.07) is 1.54. The van der Waals surface area contributed by atoms with Gasteiger partial charge in [0.15, 0.2) is 0 Å². The van der Waals surface area contributed by atoms with E-state index in [0.717, 1.165) is 18.0 Å². The summed E-state index contributed by atoms with van der Waals surface area (Å²) < 4.78 is 0. The van der Waals surface area contributed by atoms with Gasteiger partial charge in [0.25, 0.3) is 0 Å². The largest absolute Gasteiger partial charge is 0.311 e. The minimum absolute atomic E-state index is 0.749. The number of hydrogen-bond acceptors (Lipinski definition) is 2. The van der Waals surface area contributed by atoms with Crippen molar-refractivity contribution in [1.82, 2.24) is 10.2 Å². The molecule has 0 spiro atoms. The topological polar surface area (TPSA) is 15.3 Å². The standard InChI is InChI=1S/C17H34N2/c1-3-8-16-14-19(17(4-2)13-18-16)12-11-15-9-6-5-7-10-15/h15-18H,3-14H2,1-2H3. The summed E-state index contributed by atoms with van der Waals surface area (Å²) >= 11 is 0. The smallest absolute Gasteiger partial charge is 0.0218 e. The lowest BCUT2D eigenvalue weighted by Crippen LogP contribution is -2.56. The highest BCUT2D eigenvalue weighted by atomic mass is 15.2. The lowest BCUT2D eigenvalue weighted by Gasteiger charge is -2.41. The third-order valence-electron chi connectivity index (χ3n) is 5.27. The molecule has 1 saturated heterocycles. The number of nitrogens with one attached hydrogen (secondary N) is 1.